The molecule has 2 aliphatic rings. The van der Waals surface area contributed by atoms with Gasteiger partial charge in [0.05, 0.1) is 18.2 Å². The summed E-state index contributed by atoms with van der Waals surface area (Å²) in [6.07, 6.45) is 1.96. The van der Waals surface area contributed by atoms with Crippen LogP contribution in [0.3, 0.4) is 0 Å². The Morgan fingerprint density at radius 3 is 2.03 bits per heavy atom. The van der Waals surface area contributed by atoms with Gasteiger partial charge in [0.1, 0.15) is 41.7 Å². The van der Waals surface area contributed by atoms with Gasteiger partial charge in [-0.15, -0.1) is 11.8 Å². The van der Waals surface area contributed by atoms with Gasteiger partial charge in [0, 0.05) is 83.9 Å². The SMILES string of the molecule is CNC(=O)CCCC(=O)NC(Cc1ccc(O)cc1)C(=O)NCCCCCC(=O)N[C@@H](CSC1CC(=O)N(CCC(=O)NCCCCC2NC(=O)[C@@H](Cc3ccccc3)NC(=O)C(CC(=O)O)NC(=O)CNC(=O)/C(=C/CCN=C(N)N)NC2=O)C1=O)C(N)=O. The third kappa shape index (κ3) is 27.2. The maximum Gasteiger partial charge on any atom is 0.305 e. The molecule has 32 heteroatoms. The number of likely N-dealkylation sites (tertiary alicyclic amines) is 1. The Kier molecular flexibility index (Phi) is 31.3. The third-order valence-corrected chi connectivity index (χ3v) is 15.2. The number of benzene rings is 2. The summed E-state index contributed by atoms with van der Waals surface area (Å²) in [7, 11) is 1.49. The fraction of sp³-hybridized carbons (Fsp3) is 0.500. The molecule has 0 radical (unpaired) electrons. The molecule has 13 amide bonds. The molecule has 490 valence electrons. The number of phenolic OH excluding ortho intramolecular Hbond substituents is 1. The number of rotatable bonds is 34. The standard InChI is InChI=1S/C58H81N15O16S/c1-62-44(75)17-10-18-47(78)67-39(29-35-19-21-36(74)22-20-35)53(85)64-25-8-3-6-16-46(77)69-42(51(59)83)33-90-43-31-49(80)73(57(43)89)27-23-45(76)63-24-9-7-14-38-54(86)70-37(15-11-26-65-58(60)61)52(84)66-32-48(79)68-41(30-50(81)82)56(88)72-40(55(87)71-38)28-34-12-4-2-5-13-34/h2,4-5,12-13,15,19-22,38-43,74H,3,6-11,14,16-18,23-33H2,1H3,(H2,59,83)(H,62,75)(H,63,76)(H,64,85)(H,66,84)(H,67,78)(H,68,79)(H,69,77)(H,70,86)(H,71,87)(H,72,88)(H,81,82)(H4,60,61,65)/b37-15-/t38?,39?,40-,41?,42+,43?/m1/s1. The van der Waals surface area contributed by atoms with E-state index >= 15 is 0 Å². The van der Waals surface area contributed by atoms with Crippen molar-refractivity contribution in [3.8, 4) is 5.75 Å². The van der Waals surface area contributed by atoms with E-state index in [2.05, 4.69) is 58.2 Å². The van der Waals surface area contributed by atoms with E-state index in [0.29, 0.717) is 30.4 Å². The first-order chi connectivity index (χ1) is 42.9. The highest BCUT2D eigenvalue weighted by molar-refractivity contribution is 8.00. The highest BCUT2D eigenvalue weighted by atomic mass is 32.2. The number of amides is 13. The van der Waals surface area contributed by atoms with Crippen molar-refractivity contribution in [2.45, 2.75) is 138 Å². The topological polar surface area (TPSA) is 493 Å². The number of guanidine groups is 1. The van der Waals surface area contributed by atoms with Gasteiger partial charge in [0.2, 0.25) is 70.9 Å². The second-order valence-electron chi connectivity index (χ2n) is 21.1. The quantitative estimate of drug-likeness (QED) is 0.0106. The van der Waals surface area contributed by atoms with Crippen LogP contribution in [0.15, 0.2) is 71.4 Å². The van der Waals surface area contributed by atoms with E-state index in [9.17, 15) is 77.3 Å². The van der Waals surface area contributed by atoms with Crippen molar-refractivity contribution < 1.29 is 77.3 Å². The monoisotopic (exact) mass is 1280 g/mol. The molecule has 0 spiro atoms. The van der Waals surface area contributed by atoms with Crippen molar-refractivity contribution in [1.29, 1.82) is 0 Å². The summed E-state index contributed by atoms with van der Waals surface area (Å²) in [4.78, 5) is 187. The van der Waals surface area contributed by atoms with Crippen LogP contribution in [0.25, 0.3) is 0 Å². The molecule has 18 N–H and O–H groups in total. The summed E-state index contributed by atoms with van der Waals surface area (Å²) in [5, 5.41) is 43.7. The van der Waals surface area contributed by atoms with Gasteiger partial charge in [-0.3, -0.25) is 77.0 Å². The number of carbonyl (C=O) groups excluding carboxylic acids is 13. The summed E-state index contributed by atoms with van der Waals surface area (Å²) >= 11 is 0.946. The molecule has 2 aromatic rings. The number of hydrogen-bond acceptors (Lipinski definition) is 17. The molecule has 2 heterocycles. The van der Waals surface area contributed by atoms with Gasteiger partial charge in [-0.05, 0) is 68.2 Å². The average molecular weight is 1280 g/mol. The van der Waals surface area contributed by atoms with Crippen molar-refractivity contribution in [2.24, 2.45) is 22.2 Å². The van der Waals surface area contributed by atoms with Crippen LogP contribution in [0.4, 0.5) is 0 Å². The molecular formula is C58H81N15O16S. The van der Waals surface area contributed by atoms with Crippen molar-refractivity contribution >= 4 is 100 Å². The second-order valence-corrected chi connectivity index (χ2v) is 22.3. The van der Waals surface area contributed by atoms with E-state index in [1.807, 2.05) is 0 Å². The molecule has 0 saturated carbocycles. The molecule has 2 aromatic carbocycles. The minimum Gasteiger partial charge on any atom is -0.508 e. The molecule has 0 aliphatic carbocycles. The lowest BCUT2D eigenvalue weighted by molar-refractivity contribution is -0.141. The van der Waals surface area contributed by atoms with Gasteiger partial charge < -0.3 is 80.6 Å². The zero-order chi connectivity index (χ0) is 66.1. The van der Waals surface area contributed by atoms with E-state index in [0.717, 1.165) is 16.7 Å². The zero-order valence-electron chi connectivity index (χ0n) is 49.9. The summed E-state index contributed by atoms with van der Waals surface area (Å²) in [5.74, 6) is -10.7. The maximum atomic E-state index is 14.1. The molecule has 2 saturated heterocycles. The zero-order valence-corrected chi connectivity index (χ0v) is 50.8. The Hall–Kier alpha value is -9.62. The van der Waals surface area contributed by atoms with E-state index in [1.54, 1.807) is 42.5 Å². The smallest absolute Gasteiger partial charge is 0.305 e. The second kappa shape index (κ2) is 38.6. The Bertz CT molecular complexity index is 2950. The number of thioether (sulfide) groups is 1. The molecule has 2 fully saturated rings. The van der Waals surface area contributed by atoms with Gasteiger partial charge in [-0.25, -0.2) is 0 Å². The number of carboxylic acids is 1. The highest BCUT2D eigenvalue weighted by Crippen LogP contribution is 2.26. The predicted molar refractivity (Wildman–Crippen MR) is 326 cm³/mol. The Balaban J connectivity index is 1.26. The molecule has 90 heavy (non-hydrogen) atoms. The van der Waals surface area contributed by atoms with E-state index in [1.165, 1.54) is 25.3 Å². The van der Waals surface area contributed by atoms with Gasteiger partial charge in [0.25, 0.3) is 5.91 Å². The van der Waals surface area contributed by atoms with Crippen molar-refractivity contribution in [3.05, 3.63) is 77.5 Å². The lowest BCUT2D eigenvalue weighted by Gasteiger charge is -2.25. The van der Waals surface area contributed by atoms with Crippen molar-refractivity contribution in [3.63, 3.8) is 0 Å². The number of hydrogen-bond donors (Lipinski definition) is 15. The minimum atomic E-state index is -1.68. The normalized spacial score (nSPS) is 18.4. The van der Waals surface area contributed by atoms with Crippen LogP contribution in [0, 0.1) is 0 Å². The summed E-state index contributed by atoms with van der Waals surface area (Å²) in [6, 6.07) is 7.99. The number of nitrogens with one attached hydrogen (secondary N) is 10. The summed E-state index contributed by atoms with van der Waals surface area (Å²) in [5.41, 5.74) is 17.3. The molecular weight excluding hydrogens is 1190 g/mol. The van der Waals surface area contributed by atoms with Gasteiger partial charge in [0.15, 0.2) is 5.96 Å². The molecule has 4 rings (SSSR count). The predicted octanol–water partition coefficient (Wildman–Crippen LogP) is -3.52. The number of aliphatic carboxylic acids is 1. The number of carboxylic acid groups (broad SMARTS) is 1. The first-order valence-corrected chi connectivity index (χ1v) is 30.3. The Morgan fingerprint density at radius 1 is 0.711 bits per heavy atom. The lowest BCUT2D eigenvalue weighted by Crippen LogP contribution is -2.57. The van der Waals surface area contributed by atoms with Crippen LogP contribution in [0.5, 0.6) is 5.75 Å². The Labute approximate surface area is 523 Å². The molecule has 2 aliphatic heterocycles. The van der Waals surface area contributed by atoms with Crippen LogP contribution in [0.2, 0.25) is 0 Å². The van der Waals surface area contributed by atoms with Gasteiger partial charge in [-0.2, -0.15) is 0 Å². The third-order valence-electron chi connectivity index (χ3n) is 13.9. The number of primary amides is 1. The summed E-state index contributed by atoms with van der Waals surface area (Å²) in [6.45, 7) is -0.782. The molecule has 0 bridgehead atoms. The number of aromatic hydroxyl groups is 1. The van der Waals surface area contributed by atoms with E-state index in [-0.39, 0.29) is 132 Å². The van der Waals surface area contributed by atoms with Gasteiger partial charge >= 0.3 is 5.97 Å². The first kappa shape index (κ1) is 72.9. The number of imide groups is 1. The average Bonchev–Trinajstić information content (AvgIpc) is 2.79. The summed E-state index contributed by atoms with van der Waals surface area (Å²) < 4.78 is 0. The number of nitrogens with zero attached hydrogens (tertiary/aromatic N) is 2. The fourth-order valence-corrected chi connectivity index (χ4v) is 10.3. The van der Waals surface area contributed by atoms with Crippen LogP contribution < -0.4 is 70.4 Å². The van der Waals surface area contributed by atoms with Crippen LogP contribution >= 0.6 is 11.8 Å². The van der Waals surface area contributed by atoms with Crippen LogP contribution in [0.1, 0.15) is 101 Å². The first-order valence-electron chi connectivity index (χ1n) is 29.3. The number of nitrogens with two attached hydrogens (primary N) is 3. The number of unbranched alkanes of at least 4 members (excludes halogenated alkanes) is 3. The minimum absolute atomic E-state index is 0.00309. The largest absolute Gasteiger partial charge is 0.508 e. The maximum absolute atomic E-state index is 14.1. The highest BCUT2D eigenvalue weighted by Gasteiger charge is 2.40. The molecule has 6 atom stereocenters. The van der Waals surface area contributed by atoms with Crippen molar-refractivity contribution in [2.75, 3.05) is 45.5 Å². The number of carbonyl (C=O) groups is 14. The van der Waals surface area contributed by atoms with Crippen LogP contribution in [-0.2, 0) is 80.0 Å². The molecule has 4 unspecified atom stereocenters. The van der Waals surface area contributed by atoms with Crippen molar-refractivity contribution in [1.82, 2.24) is 58.1 Å². The lowest BCUT2D eigenvalue weighted by atomic mass is 10.0. The van der Waals surface area contributed by atoms with E-state index in [4.69, 9.17) is 17.2 Å². The number of aliphatic imine (C=N–C) groups is 1. The van der Waals surface area contributed by atoms with Gasteiger partial charge in [-0.1, -0.05) is 55.0 Å². The van der Waals surface area contributed by atoms with E-state index < -0.39 is 125 Å². The molecule has 0 aromatic heterocycles. The van der Waals surface area contributed by atoms with Crippen LogP contribution in [-0.4, -0.2) is 185 Å². The number of phenols is 1. The molecule has 31 nitrogen and oxygen atoms in total. The fourth-order valence-electron chi connectivity index (χ4n) is 9.08. The Morgan fingerprint density at radius 2 is 1.36 bits per heavy atom.